The van der Waals surface area contributed by atoms with E-state index < -0.39 is 0 Å². The molecular formula is C14H30N2+2. The van der Waals surface area contributed by atoms with Gasteiger partial charge in [-0.15, -0.1) is 0 Å². The van der Waals surface area contributed by atoms with Crippen LogP contribution >= 0.6 is 0 Å². The number of piperidine rings is 2. The summed E-state index contributed by atoms with van der Waals surface area (Å²) in [6, 6.07) is 1.01. The Kier molecular flexibility index (Phi) is 4.66. The smallest absolute Gasteiger partial charge is 0.0983 e. The fourth-order valence-electron chi connectivity index (χ4n) is 3.58. The summed E-state index contributed by atoms with van der Waals surface area (Å²) in [5.74, 6) is 0.995. The molecule has 0 spiro atoms. The van der Waals surface area contributed by atoms with Crippen molar-refractivity contribution in [2.24, 2.45) is 5.92 Å². The molecule has 2 heteroatoms. The minimum atomic E-state index is 0.995. The van der Waals surface area contributed by atoms with Gasteiger partial charge in [-0.3, -0.25) is 0 Å². The maximum absolute atomic E-state index is 2.42. The topological polar surface area (TPSA) is 8.88 Å². The highest BCUT2D eigenvalue weighted by Gasteiger charge is 2.31. The molecule has 0 aromatic heterocycles. The van der Waals surface area contributed by atoms with Crippen LogP contribution in [0.2, 0.25) is 0 Å². The van der Waals surface area contributed by atoms with Gasteiger partial charge >= 0.3 is 0 Å². The van der Waals surface area contributed by atoms with Crippen LogP contribution in [0.15, 0.2) is 0 Å². The number of hydrogen-bond acceptors (Lipinski definition) is 0. The van der Waals surface area contributed by atoms with Crippen LogP contribution in [-0.4, -0.2) is 38.8 Å². The van der Waals surface area contributed by atoms with E-state index in [1.807, 2.05) is 9.80 Å². The van der Waals surface area contributed by atoms with Crippen molar-refractivity contribution in [3.05, 3.63) is 0 Å². The Morgan fingerprint density at radius 3 is 2.12 bits per heavy atom. The van der Waals surface area contributed by atoms with Crippen LogP contribution in [0, 0.1) is 5.92 Å². The average molecular weight is 226 g/mol. The van der Waals surface area contributed by atoms with Crippen LogP contribution in [-0.2, 0) is 0 Å². The molecule has 2 heterocycles. The number of nitrogens with one attached hydrogen (secondary N) is 2. The van der Waals surface area contributed by atoms with Crippen molar-refractivity contribution in [2.75, 3.05) is 32.7 Å². The van der Waals surface area contributed by atoms with E-state index in [2.05, 4.69) is 13.8 Å². The largest absolute Gasteiger partial charge is 0.335 e. The van der Waals surface area contributed by atoms with Gasteiger partial charge in [-0.05, 0) is 25.2 Å². The quantitative estimate of drug-likeness (QED) is 0.657. The number of hydrogen-bond donors (Lipinski definition) is 2. The van der Waals surface area contributed by atoms with Crippen LogP contribution in [0.1, 0.15) is 46.0 Å². The lowest BCUT2D eigenvalue weighted by molar-refractivity contribution is -0.961. The van der Waals surface area contributed by atoms with Gasteiger partial charge in [0.05, 0.1) is 38.8 Å². The average Bonchev–Trinajstić information content (AvgIpc) is 2.32. The maximum atomic E-state index is 2.42. The summed E-state index contributed by atoms with van der Waals surface area (Å²) in [7, 11) is 0. The molecule has 2 rings (SSSR count). The van der Waals surface area contributed by atoms with Crippen molar-refractivity contribution in [3.8, 4) is 0 Å². The van der Waals surface area contributed by atoms with Crippen LogP contribution in [0.5, 0.6) is 0 Å². The second kappa shape index (κ2) is 6.02. The van der Waals surface area contributed by atoms with E-state index in [-0.39, 0.29) is 0 Å². The third-order valence-electron chi connectivity index (χ3n) is 4.79. The summed E-state index contributed by atoms with van der Waals surface area (Å²) in [4.78, 5) is 3.80. The van der Waals surface area contributed by atoms with Crippen molar-refractivity contribution >= 4 is 0 Å². The lowest BCUT2D eigenvalue weighted by Gasteiger charge is -2.37. The van der Waals surface area contributed by atoms with Crippen LogP contribution in [0.25, 0.3) is 0 Å². The van der Waals surface area contributed by atoms with E-state index >= 15 is 0 Å². The van der Waals surface area contributed by atoms with E-state index in [1.165, 1.54) is 64.8 Å². The van der Waals surface area contributed by atoms with E-state index in [4.69, 9.17) is 0 Å². The molecule has 94 valence electrons. The molecule has 2 saturated heterocycles. The standard InChI is InChI=1S/C14H28N2/c1-3-8-15-9-6-14(7-10-15)16-11-4-13(2)5-12-16/h13-14H,3-12H2,1-2H3/p+2. The minimum Gasteiger partial charge on any atom is -0.335 e. The minimum absolute atomic E-state index is 0.995. The van der Waals surface area contributed by atoms with Crippen LogP contribution in [0.3, 0.4) is 0 Å². The van der Waals surface area contributed by atoms with Gasteiger partial charge in [-0.25, -0.2) is 0 Å². The Balaban J connectivity index is 1.72. The van der Waals surface area contributed by atoms with Crippen molar-refractivity contribution < 1.29 is 9.80 Å². The van der Waals surface area contributed by atoms with E-state index in [9.17, 15) is 0 Å². The first kappa shape index (κ1) is 12.4. The summed E-state index contributed by atoms with van der Waals surface area (Å²) in [6.45, 7) is 11.9. The Morgan fingerprint density at radius 2 is 1.56 bits per heavy atom. The highest BCUT2D eigenvalue weighted by atomic mass is 15.2. The van der Waals surface area contributed by atoms with Crippen molar-refractivity contribution in [1.82, 2.24) is 0 Å². The third kappa shape index (κ3) is 3.21. The maximum Gasteiger partial charge on any atom is 0.0983 e. The summed E-state index contributed by atoms with van der Waals surface area (Å²) in [5, 5.41) is 0. The molecular weight excluding hydrogens is 196 g/mol. The molecule has 2 aliphatic heterocycles. The molecule has 2 aliphatic rings. The predicted octanol–water partition coefficient (Wildman–Crippen LogP) is -0.241. The lowest BCUT2D eigenvalue weighted by atomic mass is 9.95. The molecule has 2 nitrogen and oxygen atoms in total. The molecule has 0 amide bonds. The number of quaternary nitrogens is 2. The molecule has 0 saturated carbocycles. The zero-order chi connectivity index (χ0) is 11.4. The molecule has 2 N–H and O–H groups in total. The predicted molar refractivity (Wildman–Crippen MR) is 68.0 cm³/mol. The third-order valence-corrected chi connectivity index (χ3v) is 4.79. The van der Waals surface area contributed by atoms with Gasteiger partial charge in [0, 0.05) is 12.8 Å². The molecule has 0 unspecified atom stereocenters. The highest BCUT2D eigenvalue weighted by Crippen LogP contribution is 2.08. The molecule has 0 bridgehead atoms. The van der Waals surface area contributed by atoms with Gasteiger partial charge in [-0.2, -0.15) is 0 Å². The number of likely N-dealkylation sites (tertiary alicyclic amines) is 2. The Hall–Kier alpha value is -0.0800. The van der Waals surface area contributed by atoms with E-state index in [0.29, 0.717) is 0 Å². The van der Waals surface area contributed by atoms with Gasteiger partial charge in [-0.1, -0.05) is 13.8 Å². The Morgan fingerprint density at radius 1 is 0.938 bits per heavy atom. The second-order valence-electron chi connectivity index (χ2n) is 6.12. The van der Waals surface area contributed by atoms with Crippen molar-refractivity contribution in [2.45, 2.75) is 52.0 Å². The molecule has 0 atom stereocenters. The van der Waals surface area contributed by atoms with Crippen LogP contribution < -0.4 is 9.80 Å². The fraction of sp³-hybridized carbons (Fsp3) is 1.00. The van der Waals surface area contributed by atoms with Crippen molar-refractivity contribution in [3.63, 3.8) is 0 Å². The zero-order valence-electron chi connectivity index (χ0n) is 11.2. The van der Waals surface area contributed by atoms with Gasteiger partial charge in [0.1, 0.15) is 0 Å². The van der Waals surface area contributed by atoms with Gasteiger partial charge < -0.3 is 9.80 Å². The first-order valence-corrected chi connectivity index (χ1v) is 7.47. The molecule has 2 fully saturated rings. The van der Waals surface area contributed by atoms with Crippen LogP contribution in [0.4, 0.5) is 0 Å². The van der Waals surface area contributed by atoms with Crippen molar-refractivity contribution in [1.29, 1.82) is 0 Å². The summed E-state index contributed by atoms with van der Waals surface area (Å²) < 4.78 is 0. The molecule has 0 aromatic rings. The van der Waals surface area contributed by atoms with Gasteiger partial charge in [0.25, 0.3) is 0 Å². The number of rotatable bonds is 3. The summed E-state index contributed by atoms with van der Waals surface area (Å²) in [5.41, 5.74) is 0. The molecule has 0 radical (unpaired) electrons. The fourth-order valence-corrected chi connectivity index (χ4v) is 3.58. The molecule has 16 heavy (non-hydrogen) atoms. The highest BCUT2D eigenvalue weighted by molar-refractivity contribution is 4.64. The SMILES string of the molecule is CCC[NH+]1CCC([NH+]2CCC(C)CC2)CC1. The van der Waals surface area contributed by atoms with Gasteiger partial charge in [0.15, 0.2) is 0 Å². The first-order chi connectivity index (χ1) is 7.79. The summed E-state index contributed by atoms with van der Waals surface area (Å²) >= 11 is 0. The first-order valence-electron chi connectivity index (χ1n) is 7.47. The zero-order valence-corrected chi connectivity index (χ0v) is 11.2. The Labute approximate surface area is 101 Å². The monoisotopic (exact) mass is 226 g/mol. The molecule has 0 aliphatic carbocycles. The molecule has 0 aromatic carbocycles. The summed E-state index contributed by atoms with van der Waals surface area (Å²) in [6.07, 6.45) is 7.26. The Bertz CT molecular complexity index is 189. The van der Waals surface area contributed by atoms with E-state index in [1.54, 1.807) is 0 Å². The van der Waals surface area contributed by atoms with Gasteiger partial charge in [0.2, 0.25) is 0 Å². The lowest BCUT2D eigenvalue weighted by Crippen LogP contribution is -3.21. The normalized spacial score (nSPS) is 40.9. The second-order valence-corrected chi connectivity index (χ2v) is 6.12. The van der Waals surface area contributed by atoms with E-state index in [0.717, 1.165) is 12.0 Å².